The molecule has 2 N–H and O–H groups in total. The van der Waals surface area contributed by atoms with Gasteiger partial charge < -0.3 is 19.8 Å². The Hall–Kier alpha value is -3.26. The third-order valence-electron chi connectivity index (χ3n) is 5.57. The van der Waals surface area contributed by atoms with Gasteiger partial charge in [0.05, 0.1) is 29.0 Å². The van der Waals surface area contributed by atoms with E-state index >= 15 is 0 Å². The summed E-state index contributed by atoms with van der Waals surface area (Å²) < 4.78 is 1.98. The van der Waals surface area contributed by atoms with Crippen LogP contribution in [0.15, 0.2) is 54.7 Å². The smallest absolute Gasteiger partial charge is 0.257 e. The van der Waals surface area contributed by atoms with E-state index < -0.39 is 6.04 Å². The first-order valence-corrected chi connectivity index (χ1v) is 10.9. The quantitative estimate of drug-likeness (QED) is 0.533. The normalized spacial score (nSPS) is 16.4. The van der Waals surface area contributed by atoms with Crippen molar-refractivity contribution < 1.29 is 9.59 Å². The van der Waals surface area contributed by atoms with Crippen LogP contribution in [0.25, 0.3) is 21.9 Å². The van der Waals surface area contributed by atoms with Crippen LogP contribution in [0.1, 0.15) is 16.2 Å². The lowest BCUT2D eigenvalue weighted by Gasteiger charge is -2.22. The van der Waals surface area contributed by atoms with Gasteiger partial charge in [-0.25, -0.2) is 4.98 Å². The van der Waals surface area contributed by atoms with Gasteiger partial charge in [-0.1, -0.05) is 30.3 Å². The number of thioether (sulfide) groups is 1. The second kappa shape index (κ2) is 7.53. The second-order valence-electron chi connectivity index (χ2n) is 7.33. The number of fused-ring (bicyclic) bond motifs is 2. The van der Waals surface area contributed by atoms with Crippen LogP contribution in [0.3, 0.4) is 0 Å². The van der Waals surface area contributed by atoms with Crippen LogP contribution in [-0.4, -0.2) is 48.9 Å². The third kappa shape index (κ3) is 3.13. The van der Waals surface area contributed by atoms with E-state index in [9.17, 15) is 9.59 Å². The number of aromatic nitrogens is 3. The topological polar surface area (TPSA) is 83.0 Å². The summed E-state index contributed by atoms with van der Waals surface area (Å²) in [6.45, 7) is 0.320. The number of rotatable bonds is 4. The molecule has 4 aromatic rings. The molecular formula is C22H21N5O2S. The maximum Gasteiger partial charge on any atom is 0.257 e. The van der Waals surface area contributed by atoms with Crippen LogP contribution in [0.4, 0.5) is 0 Å². The number of aryl methyl sites for hydroxylation is 1. The monoisotopic (exact) mass is 419 g/mol. The van der Waals surface area contributed by atoms with Crippen molar-refractivity contribution in [3.63, 3.8) is 0 Å². The zero-order chi connectivity index (χ0) is 20.7. The molecule has 1 aliphatic rings. The van der Waals surface area contributed by atoms with Gasteiger partial charge in [0.15, 0.2) is 0 Å². The molecule has 2 amide bonds. The molecule has 2 aromatic heterocycles. The van der Waals surface area contributed by atoms with Crippen molar-refractivity contribution >= 4 is 45.5 Å². The molecule has 0 spiro atoms. The molecule has 0 radical (unpaired) electrons. The van der Waals surface area contributed by atoms with E-state index in [0.29, 0.717) is 23.7 Å². The van der Waals surface area contributed by atoms with E-state index in [1.54, 1.807) is 22.9 Å². The van der Waals surface area contributed by atoms with Gasteiger partial charge in [-0.05, 0) is 18.2 Å². The summed E-state index contributed by atoms with van der Waals surface area (Å²) >= 11 is 1.59. The van der Waals surface area contributed by atoms with Crippen LogP contribution < -0.4 is 5.32 Å². The van der Waals surface area contributed by atoms with Crippen molar-refractivity contribution in [1.29, 1.82) is 0 Å². The van der Waals surface area contributed by atoms with Crippen molar-refractivity contribution in [1.82, 2.24) is 24.8 Å². The zero-order valence-corrected chi connectivity index (χ0v) is 17.3. The number of carbonyl (C=O) groups is 2. The highest BCUT2D eigenvalue weighted by molar-refractivity contribution is 7.99. The van der Waals surface area contributed by atoms with Gasteiger partial charge in [-0.3, -0.25) is 9.59 Å². The molecule has 2 aromatic carbocycles. The highest BCUT2D eigenvalue weighted by Crippen LogP contribution is 2.26. The van der Waals surface area contributed by atoms with Gasteiger partial charge in [0.2, 0.25) is 5.91 Å². The molecule has 1 unspecified atom stereocenters. The van der Waals surface area contributed by atoms with E-state index in [1.807, 2.05) is 60.1 Å². The Morgan fingerprint density at radius 2 is 2.00 bits per heavy atom. The van der Waals surface area contributed by atoms with E-state index in [4.69, 9.17) is 0 Å². The number of carbonyl (C=O) groups excluding carboxylic acids is 2. The lowest BCUT2D eigenvalue weighted by atomic mass is 10.1. The molecule has 3 heterocycles. The highest BCUT2D eigenvalue weighted by atomic mass is 32.2. The summed E-state index contributed by atoms with van der Waals surface area (Å²) in [6, 6.07) is 15.1. The van der Waals surface area contributed by atoms with Crippen molar-refractivity contribution in [2.24, 2.45) is 7.05 Å². The first-order chi connectivity index (χ1) is 14.6. The van der Waals surface area contributed by atoms with E-state index in [1.165, 1.54) is 0 Å². The Morgan fingerprint density at radius 3 is 2.87 bits per heavy atom. The third-order valence-corrected chi connectivity index (χ3v) is 6.58. The number of aromatic amines is 1. The van der Waals surface area contributed by atoms with Crippen molar-refractivity contribution in [3.05, 3.63) is 66.1 Å². The Balaban J connectivity index is 1.32. The van der Waals surface area contributed by atoms with Crippen molar-refractivity contribution in [2.45, 2.75) is 12.6 Å². The highest BCUT2D eigenvalue weighted by Gasteiger charge is 2.35. The lowest BCUT2D eigenvalue weighted by Crippen LogP contribution is -2.47. The van der Waals surface area contributed by atoms with Gasteiger partial charge in [0.25, 0.3) is 5.91 Å². The number of benzene rings is 2. The Kier molecular flexibility index (Phi) is 4.71. The van der Waals surface area contributed by atoms with Crippen LogP contribution >= 0.6 is 11.8 Å². The molecule has 1 fully saturated rings. The number of hydrogen-bond acceptors (Lipinski definition) is 4. The van der Waals surface area contributed by atoms with Crippen molar-refractivity contribution in [3.8, 4) is 0 Å². The maximum absolute atomic E-state index is 13.2. The number of imidazole rings is 1. The Morgan fingerprint density at radius 1 is 1.20 bits per heavy atom. The summed E-state index contributed by atoms with van der Waals surface area (Å²) in [5.74, 6) is 1.59. The molecule has 1 saturated heterocycles. The van der Waals surface area contributed by atoms with Crippen LogP contribution in [0.2, 0.25) is 0 Å². The Labute approximate surface area is 177 Å². The van der Waals surface area contributed by atoms with Gasteiger partial charge in [0, 0.05) is 29.9 Å². The first-order valence-electron chi connectivity index (χ1n) is 9.76. The van der Waals surface area contributed by atoms with E-state index in [0.717, 1.165) is 27.8 Å². The fourth-order valence-electron chi connectivity index (χ4n) is 3.90. The Bertz CT molecular complexity index is 1260. The number of nitrogens with zero attached hydrogens (tertiary/aromatic N) is 3. The van der Waals surface area contributed by atoms with Crippen molar-refractivity contribution in [2.75, 3.05) is 11.6 Å². The summed E-state index contributed by atoms with van der Waals surface area (Å²) in [5.41, 5.74) is 3.43. The minimum atomic E-state index is -0.495. The van der Waals surface area contributed by atoms with Crippen LogP contribution in [0, 0.1) is 0 Å². The minimum Gasteiger partial charge on any atom is -0.360 e. The van der Waals surface area contributed by atoms with Crippen LogP contribution in [-0.2, 0) is 18.4 Å². The molecule has 1 aliphatic heterocycles. The predicted molar refractivity (Wildman–Crippen MR) is 118 cm³/mol. The maximum atomic E-state index is 13.2. The number of para-hydroxylation sites is 3. The van der Waals surface area contributed by atoms with E-state index in [2.05, 4.69) is 15.3 Å². The molecule has 1 atom stereocenters. The standard InChI is InChI=1S/C22H21N5O2S/c1-26-18-9-5-4-8-17(18)25-20(26)11-24-21(28)19-12-30-13-27(19)22(29)15-10-23-16-7-3-2-6-14(15)16/h2-10,19,23H,11-13H2,1H3,(H,24,28). The summed E-state index contributed by atoms with van der Waals surface area (Å²) in [5, 5.41) is 3.85. The van der Waals surface area contributed by atoms with Gasteiger partial charge in [-0.2, -0.15) is 0 Å². The summed E-state index contributed by atoms with van der Waals surface area (Å²) in [6.07, 6.45) is 1.73. The minimum absolute atomic E-state index is 0.125. The van der Waals surface area contributed by atoms with E-state index in [-0.39, 0.29) is 11.8 Å². The van der Waals surface area contributed by atoms with Crippen LogP contribution in [0.5, 0.6) is 0 Å². The van der Waals surface area contributed by atoms with Gasteiger partial charge in [0.1, 0.15) is 11.9 Å². The van der Waals surface area contributed by atoms with Gasteiger partial charge >= 0.3 is 0 Å². The largest absolute Gasteiger partial charge is 0.360 e. The number of H-pyrrole nitrogens is 1. The average molecular weight is 420 g/mol. The average Bonchev–Trinajstić information content (AvgIpc) is 3.49. The summed E-state index contributed by atoms with van der Waals surface area (Å²) in [4.78, 5) is 35.5. The molecular weight excluding hydrogens is 398 g/mol. The molecule has 8 heteroatoms. The number of hydrogen-bond donors (Lipinski definition) is 2. The molecule has 30 heavy (non-hydrogen) atoms. The lowest BCUT2D eigenvalue weighted by molar-refractivity contribution is -0.124. The fraction of sp³-hybridized carbons (Fsp3) is 0.227. The zero-order valence-electron chi connectivity index (χ0n) is 16.5. The van der Waals surface area contributed by atoms with Gasteiger partial charge in [-0.15, -0.1) is 11.8 Å². The molecule has 7 nitrogen and oxygen atoms in total. The first kappa shape index (κ1) is 18.7. The fourth-order valence-corrected chi connectivity index (χ4v) is 5.05. The number of nitrogens with one attached hydrogen (secondary N) is 2. The molecule has 152 valence electrons. The SMILES string of the molecule is Cn1c(CNC(=O)C2CSCN2C(=O)c2c[nH]c3ccccc23)nc2ccccc21. The summed E-state index contributed by atoms with van der Waals surface area (Å²) in [7, 11) is 1.94. The number of amides is 2. The molecule has 5 rings (SSSR count). The predicted octanol–water partition coefficient (Wildman–Crippen LogP) is 2.89. The molecule has 0 aliphatic carbocycles. The molecule has 0 bridgehead atoms. The molecule has 0 saturated carbocycles. The second-order valence-corrected chi connectivity index (χ2v) is 8.33.